The highest BCUT2D eigenvalue weighted by Crippen LogP contribution is 2.37. The maximum atomic E-state index is 13.2. The monoisotopic (exact) mass is 521 g/mol. The maximum Gasteiger partial charge on any atom is 0.309 e. The quantitative estimate of drug-likeness (QED) is 0.454. The van der Waals surface area contributed by atoms with Crippen LogP contribution in [0.15, 0.2) is 11.0 Å². The lowest BCUT2D eigenvalue weighted by Crippen LogP contribution is -2.45. The molecule has 9 heteroatoms. The van der Waals surface area contributed by atoms with Gasteiger partial charge in [0.05, 0.1) is 48.6 Å². The Morgan fingerprint density at radius 3 is 2.61 bits per heavy atom. The third-order valence-corrected chi connectivity index (χ3v) is 8.88. The lowest BCUT2D eigenvalue weighted by Gasteiger charge is -2.34. The molecule has 1 aromatic heterocycles. The summed E-state index contributed by atoms with van der Waals surface area (Å²) in [5.74, 6) is -1.54. The fourth-order valence-corrected chi connectivity index (χ4v) is 5.85. The smallest absolute Gasteiger partial charge is 0.309 e. The van der Waals surface area contributed by atoms with Crippen molar-refractivity contribution in [3.8, 4) is 0 Å². The van der Waals surface area contributed by atoms with Gasteiger partial charge in [0.25, 0.3) is 0 Å². The molecule has 0 aromatic carbocycles. The SMILES string of the molecule is C/C(=C\c1csc(C2CO2)n1)[C@@H]1C[C@@H]2O[C@@H]2CCC[C@H](C)[C@H](O)[C@@H](C)C(=O)C(C)(C)[C@@H](O)CC(=O)O1. The Kier molecular flexibility index (Phi) is 8.36. The lowest BCUT2D eigenvalue weighted by atomic mass is 9.73. The molecule has 0 bridgehead atoms. The number of Topliss-reactive ketones (excluding diaryl/α,β-unsaturated/α-hetero) is 1. The first-order chi connectivity index (χ1) is 17.0. The Hall–Kier alpha value is -1.65. The molecule has 4 heterocycles. The van der Waals surface area contributed by atoms with E-state index >= 15 is 0 Å². The van der Waals surface area contributed by atoms with Crippen molar-refractivity contribution in [3.05, 3.63) is 21.7 Å². The standard InChI is InChI=1S/C27H39NO7S/c1-14-7-6-8-18-20(34-18)10-19(15(2)9-17-13-36-26(28-17)21-12-33-21)35-23(30)11-22(29)27(4,5)25(32)16(3)24(14)31/h9,13-14,16,18-22,24,29,31H,6-8,10-12H2,1-5H3/b15-9+/t14-,16+,18+,19-,20-,21?,22-,24-/m0/s1. The predicted molar refractivity (Wildman–Crippen MR) is 135 cm³/mol. The molecule has 0 amide bonds. The van der Waals surface area contributed by atoms with Crippen LogP contribution in [0.3, 0.4) is 0 Å². The van der Waals surface area contributed by atoms with Crippen LogP contribution in [0.4, 0.5) is 0 Å². The zero-order valence-corrected chi connectivity index (χ0v) is 22.6. The predicted octanol–water partition coefficient (Wildman–Crippen LogP) is 3.85. The number of carbonyl (C=O) groups is 2. The summed E-state index contributed by atoms with van der Waals surface area (Å²) in [6.07, 6.45) is 2.26. The average Bonchev–Trinajstić information content (AvgIpc) is 3.75. The van der Waals surface area contributed by atoms with Crippen LogP contribution in [0, 0.1) is 17.3 Å². The molecule has 0 spiro atoms. The summed E-state index contributed by atoms with van der Waals surface area (Å²) in [6.45, 7) is 9.51. The minimum Gasteiger partial charge on any atom is -0.458 e. The number of carbonyl (C=O) groups excluding carboxylic acids is 2. The first-order valence-electron chi connectivity index (χ1n) is 13.0. The topological polar surface area (TPSA) is 122 Å². The number of aromatic nitrogens is 1. The molecule has 8 atom stereocenters. The molecule has 0 radical (unpaired) electrons. The molecule has 1 unspecified atom stereocenters. The second-order valence-electron chi connectivity index (χ2n) is 11.2. The molecular weight excluding hydrogens is 482 g/mol. The first kappa shape index (κ1) is 27.4. The number of esters is 1. The van der Waals surface area contributed by atoms with Crippen LogP contribution in [0.5, 0.6) is 0 Å². The summed E-state index contributed by atoms with van der Waals surface area (Å²) < 4.78 is 17.1. The molecule has 3 saturated heterocycles. The van der Waals surface area contributed by atoms with E-state index in [0.29, 0.717) is 13.0 Å². The van der Waals surface area contributed by atoms with Crippen LogP contribution in [0.2, 0.25) is 0 Å². The van der Waals surface area contributed by atoms with E-state index in [1.54, 1.807) is 32.1 Å². The third-order valence-electron chi connectivity index (χ3n) is 7.92. The van der Waals surface area contributed by atoms with Crippen molar-refractivity contribution < 1.29 is 34.0 Å². The fraction of sp³-hybridized carbons (Fsp3) is 0.741. The Bertz CT molecular complexity index is 985. The van der Waals surface area contributed by atoms with Gasteiger partial charge in [-0.05, 0) is 37.3 Å². The van der Waals surface area contributed by atoms with Crippen molar-refractivity contribution in [2.24, 2.45) is 17.3 Å². The second kappa shape index (κ2) is 11.0. The van der Waals surface area contributed by atoms with Crippen molar-refractivity contribution in [2.75, 3.05) is 6.61 Å². The number of rotatable bonds is 3. The van der Waals surface area contributed by atoms with Gasteiger partial charge in [0.1, 0.15) is 23.0 Å². The number of hydrogen-bond acceptors (Lipinski definition) is 9. The van der Waals surface area contributed by atoms with Crippen molar-refractivity contribution in [3.63, 3.8) is 0 Å². The molecule has 2 N–H and O–H groups in total. The zero-order chi connectivity index (χ0) is 26.2. The van der Waals surface area contributed by atoms with Gasteiger partial charge in [0, 0.05) is 17.7 Å². The van der Waals surface area contributed by atoms with E-state index in [2.05, 4.69) is 4.98 Å². The number of aliphatic hydroxyl groups is 2. The fourth-order valence-electron chi connectivity index (χ4n) is 5.04. The van der Waals surface area contributed by atoms with Crippen LogP contribution < -0.4 is 0 Å². The number of epoxide rings is 2. The number of fused-ring (bicyclic) bond motifs is 1. The third kappa shape index (κ3) is 6.42. The number of cyclic esters (lactones) is 1. The number of thiazole rings is 1. The molecule has 4 rings (SSSR count). The summed E-state index contributed by atoms with van der Waals surface area (Å²) in [7, 11) is 0. The van der Waals surface area contributed by atoms with E-state index in [1.165, 1.54) is 0 Å². The molecule has 200 valence electrons. The van der Waals surface area contributed by atoms with Crippen molar-refractivity contribution in [1.29, 1.82) is 0 Å². The minimum atomic E-state index is -1.23. The van der Waals surface area contributed by atoms with Crippen LogP contribution in [0.25, 0.3) is 6.08 Å². The largest absolute Gasteiger partial charge is 0.458 e. The van der Waals surface area contributed by atoms with Crippen LogP contribution >= 0.6 is 11.3 Å². The summed E-state index contributed by atoms with van der Waals surface area (Å²) >= 11 is 1.55. The molecule has 3 fully saturated rings. The van der Waals surface area contributed by atoms with Gasteiger partial charge < -0.3 is 24.4 Å². The second-order valence-corrected chi connectivity index (χ2v) is 12.1. The molecule has 1 aromatic rings. The Balaban J connectivity index is 1.52. The van der Waals surface area contributed by atoms with Crippen LogP contribution in [-0.4, -0.2) is 64.1 Å². The molecular formula is C27H39NO7S. The normalized spacial score (nSPS) is 38.2. The number of ether oxygens (including phenoxy) is 3. The Morgan fingerprint density at radius 1 is 1.19 bits per heavy atom. The van der Waals surface area contributed by atoms with Gasteiger partial charge in [-0.2, -0.15) is 0 Å². The summed E-state index contributed by atoms with van der Waals surface area (Å²) in [4.78, 5) is 30.7. The highest BCUT2D eigenvalue weighted by Gasteiger charge is 2.44. The van der Waals surface area contributed by atoms with E-state index in [1.807, 2.05) is 25.3 Å². The summed E-state index contributed by atoms with van der Waals surface area (Å²) in [5, 5.41) is 24.6. The number of ketones is 1. The minimum absolute atomic E-state index is 0.00740. The molecule has 3 aliphatic rings. The van der Waals surface area contributed by atoms with Gasteiger partial charge in [0.2, 0.25) is 0 Å². The van der Waals surface area contributed by atoms with E-state index in [0.717, 1.165) is 35.5 Å². The van der Waals surface area contributed by atoms with E-state index in [4.69, 9.17) is 14.2 Å². The van der Waals surface area contributed by atoms with Crippen molar-refractivity contribution >= 4 is 29.2 Å². The van der Waals surface area contributed by atoms with Crippen molar-refractivity contribution in [2.45, 2.75) is 103 Å². The summed E-state index contributed by atoms with van der Waals surface area (Å²) in [6, 6.07) is 0. The van der Waals surface area contributed by atoms with Gasteiger partial charge in [-0.15, -0.1) is 11.3 Å². The first-order valence-corrected chi connectivity index (χ1v) is 13.9. The number of aliphatic hydroxyl groups excluding tert-OH is 2. The van der Waals surface area contributed by atoms with Gasteiger partial charge in [-0.1, -0.05) is 34.1 Å². The summed E-state index contributed by atoms with van der Waals surface area (Å²) in [5.41, 5.74) is 0.443. The highest BCUT2D eigenvalue weighted by molar-refractivity contribution is 7.09. The van der Waals surface area contributed by atoms with Crippen LogP contribution in [-0.2, 0) is 23.8 Å². The average molecular weight is 522 g/mol. The number of hydrogen-bond donors (Lipinski definition) is 2. The van der Waals surface area contributed by atoms with Gasteiger partial charge >= 0.3 is 5.97 Å². The highest BCUT2D eigenvalue weighted by atomic mass is 32.1. The Labute approximate surface area is 217 Å². The molecule has 8 nitrogen and oxygen atoms in total. The molecule has 36 heavy (non-hydrogen) atoms. The molecule has 3 aliphatic heterocycles. The van der Waals surface area contributed by atoms with E-state index in [9.17, 15) is 19.8 Å². The van der Waals surface area contributed by atoms with Gasteiger partial charge in [-0.25, -0.2) is 4.98 Å². The van der Waals surface area contributed by atoms with Crippen molar-refractivity contribution in [1.82, 2.24) is 4.98 Å². The van der Waals surface area contributed by atoms with Gasteiger partial charge in [0.15, 0.2) is 0 Å². The van der Waals surface area contributed by atoms with E-state index in [-0.39, 0.29) is 36.4 Å². The lowest BCUT2D eigenvalue weighted by molar-refractivity contribution is -0.154. The maximum absolute atomic E-state index is 13.2. The Morgan fingerprint density at radius 2 is 1.92 bits per heavy atom. The number of nitrogens with zero attached hydrogens (tertiary/aromatic N) is 1. The molecule has 0 aliphatic carbocycles. The van der Waals surface area contributed by atoms with Crippen LogP contribution in [0.1, 0.15) is 83.5 Å². The molecule has 0 saturated carbocycles. The van der Waals surface area contributed by atoms with Gasteiger partial charge in [-0.3, -0.25) is 9.59 Å². The zero-order valence-electron chi connectivity index (χ0n) is 21.8. The van der Waals surface area contributed by atoms with E-state index < -0.39 is 35.6 Å².